The molecule has 0 saturated carbocycles. The molecule has 4 rings (SSSR count). The Morgan fingerprint density at radius 2 is 1.86 bits per heavy atom. The smallest absolute Gasteiger partial charge is 0.254 e. The van der Waals surface area contributed by atoms with E-state index in [0.29, 0.717) is 37.7 Å². The second kappa shape index (κ2) is 19.0. The van der Waals surface area contributed by atoms with Crippen molar-refractivity contribution in [3.8, 4) is 11.2 Å². The van der Waals surface area contributed by atoms with Crippen molar-refractivity contribution in [1.82, 2.24) is 15.1 Å². The van der Waals surface area contributed by atoms with Gasteiger partial charge in [0.25, 0.3) is 5.91 Å². The van der Waals surface area contributed by atoms with Gasteiger partial charge in [-0.3, -0.25) is 14.4 Å². The van der Waals surface area contributed by atoms with Crippen molar-refractivity contribution in [3.05, 3.63) is 75.9 Å². The quantitative estimate of drug-likeness (QED) is 0.259. The number of nitrogens with two attached hydrogens (primary N) is 1. The standard InChI is InChI=1S/C19H25NOS.C14H17N3O2.C3H8/c1-6-7-10-22-19(15(4)5)16-8-9-17(12-20-13-21)18(11-16)14(2)3;15-11-5-6-16(8-11)13(18)9-17-7-10-3-1-2-4-12(10)14(17)19;1-3-2/h8-9,11,13-14H,6,12H2,1-5H3,(H,20,21);1-4,11H,5-9,15H2;3H2,1-2H3. The molecular weight excluding hydrogens is 568 g/mol. The summed E-state index contributed by atoms with van der Waals surface area (Å²) in [5, 5.41) is 5.92. The first-order chi connectivity index (χ1) is 21.1. The van der Waals surface area contributed by atoms with Gasteiger partial charge in [0.15, 0.2) is 0 Å². The van der Waals surface area contributed by atoms with Crippen LogP contribution in [0.2, 0.25) is 0 Å². The maximum Gasteiger partial charge on any atom is 0.254 e. The normalized spacial score (nSPS) is 14.8. The van der Waals surface area contributed by atoms with E-state index in [2.05, 4.69) is 83.2 Å². The van der Waals surface area contributed by atoms with Gasteiger partial charge in [-0.2, -0.15) is 0 Å². The molecule has 3 amide bonds. The number of fused-ring (bicyclic) bond motifs is 1. The molecule has 1 atom stereocenters. The van der Waals surface area contributed by atoms with Gasteiger partial charge < -0.3 is 20.9 Å². The fraction of sp³-hybridized carbons (Fsp3) is 0.472. The molecule has 1 fully saturated rings. The van der Waals surface area contributed by atoms with Crippen molar-refractivity contribution >= 4 is 34.9 Å². The minimum atomic E-state index is -0.0487. The fourth-order valence-corrected chi connectivity index (χ4v) is 5.68. The van der Waals surface area contributed by atoms with E-state index in [0.717, 1.165) is 24.8 Å². The van der Waals surface area contributed by atoms with Crippen LogP contribution in [0.4, 0.5) is 0 Å². The summed E-state index contributed by atoms with van der Waals surface area (Å²) in [5.41, 5.74) is 12.4. The van der Waals surface area contributed by atoms with Gasteiger partial charge in [0.1, 0.15) is 6.54 Å². The number of allylic oxidation sites excluding steroid dienone is 1. The molecule has 1 saturated heterocycles. The van der Waals surface area contributed by atoms with Gasteiger partial charge in [-0.1, -0.05) is 88.9 Å². The van der Waals surface area contributed by atoms with Crippen LogP contribution in [0.5, 0.6) is 0 Å². The van der Waals surface area contributed by atoms with Crippen LogP contribution in [-0.2, 0) is 22.7 Å². The molecule has 238 valence electrons. The molecule has 7 nitrogen and oxygen atoms in total. The molecule has 0 bridgehead atoms. The average molecular weight is 619 g/mol. The lowest BCUT2D eigenvalue weighted by Crippen LogP contribution is -2.40. The third kappa shape index (κ3) is 10.9. The number of carbonyl (C=O) groups excluding carboxylic acids is 3. The second-order valence-corrected chi connectivity index (χ2v) is 12.4. The van der Waals surface area contributed by atoms with Crippen LogP contribution in [0, 0.1) is 11.2 Å². The molecule has 2 aromatic rings. The molecule has 44 heavy (non-hydrogen) atoms. The predicted octanol–water partition coefficient (Wildman–Crippen LogP) is 6.53. The summed E-state index contributed by atoms with van der Waals surface area (Å²) in [4.78, 5) is 39.4. The maximum absolute atomic E-state index is 12.1. The summed E-state index contributed by atoms with van der Waals surface area (Å²) in [6, 6.07) is 14.1. The van der Waals surface area contributed by atoms with E-state index in [1.807, 2.05) is 24.3 Å². The first kappa shape index (κ1) is 36.7. The Morgan fingerprint density at radius 3 is 2.43 bits per heavy atom. The van der Waals surface area contributed by atoms with Gasteiger partial charge in [-0.25, -0.2) is 0 Å². The minimum absolute atomic E-state index is 0.00546. The summed E-state index contributed by atoms with van der Waals surface area (Å²) in [7, 11) is 0. The average Bonchev–Trinajstić information content (AvgIpc) is 3.57. The van der Waals surface area contributed by atoms with Crippen LogP contribution in [0.25, 0.3) is 4.91 Å². The summed E-state index contributed by atoms with van der Waals surface area (Å²) >= 11 is 1.60. The number of hydrogen-bond acceptors (Lipinski definition) is 5. The summed E-state index contributed by atoms with van der Waals surface area (Å²) < 4.78 is 0. The largest absolute Gasteiger partial charge is 0.355 e. The van der Waals surface area contributed by atoms with E-state index in [1.54, 1.807) is 21.6 Å². The Morgan fingerprint density at radius 1 is 1.16 bits per heavy atom. The molecule has 2 aromatic carbocycles. The number of carbonyl (C=O) groups is 3. The fourth-order valence-electron chi connectivity index (χ4n) is 4.91. The van der Waals surface area contributed by atoms with Crippen LogP contribution in [-0.4, -0.2) is 53.7 Å². The molecule has 1 unspecified atom stereocenters. The summed E-state index contributed by atoms with van der Waals surface area (Å²) in [6.07, 6.45) is 3.71. The van der Waals surface area contributed by atoms with E-state index in [-0.39, 0.29) is 24.4 Å². The van der Waals surface area contributed by atoms with E-state index < -0.39 is 0 Å². The lowest BCUT2D eigenvalue weighted by molar-refractivity contribution is -0.130. The molecular formula is C36H50N4O3S. The highest BCUT2D eigenvalue weighted by Gasteiger charge is 2.31. The van der Waals surface area contributed by atoms with Crippen molar-refractivity contribution < 1.29 is 14.4 Å². The highest BCUT2D eigenvalue weighted by atomic mass is 32.2. The zero-order valence-corrected chi connectivity index (χ0v) is 28.4. The maximum atomic E-state index is 12.1. The Balaban J connectivity index is 0.000000283. The van der Waals surface area contributed by atoms with E-state index in [9.17, 15) is 14.4 Å². The highest BCUT2D eigenvalue weighted by molar-refractivity contribution is 8.12. The van der Waals surface area contributed by atoms with Gasteiger partial charge in [0.05, 0.1) is 0 Å². The van der Waals surface area contributed by atoms with Crippen molar-refractivity contribution in [1.29, 1.82) is 0 Å². The van der Waals surface area contributed by atoms with Gasteiger partial charge >= 0.3 is 0 Å². The van der Waals surface area contributed by atoms with Gasteiger partial charge in [-0.15, -0.1) is 0 Å². The number of amides is 3. The Kier molecular flexibility index (Phi) is 15.8. The molecule has 0 aliphatic carbocycles. The SMILES string of the molecule is CCC.CCC#CSC(=C(C)C)c1ccc(CNC=O)c(C(C)C)c1.NC1CCN(C(=O)CN2Cc3ccccc3C2=O)C1. The van der Waals surface area contributed by atoms with Crippen molar-refractivity contribution in [2.24, 2.45) is 5.73 Å². The zero-order valence-electron chi connectivity index (χ0n) is 27.5. The number of rotatable bonds is 8. The van der Waals surface area contributed by atoms with Gasteiger partial charge in [0.2, 0.25) is 12.3 Å². The monoisotopic (exact) mass is 618 g/mol. The summed E-state index contributed by atoms with van der Waals surface area (Å²) in [6.45, 7) is 17.5. The molecule has 8 heteroatoms. The zero-order chi connectivity index (χ0) is 32.6. The molecule has 3 N–H and O–H groups in total. The van der Waals surface area contributed by atoms with Crippen molar-refractivity contribution in [3.63, 3.8) is 0 Å². The summed E-state index contributed by atoms with van der Waals surface area (Å²) in [5.74, 6) is 3.47. The Hall–Kier alpha value is -3.54. The van der Waals surface area contributed by atoms with E-state index >= 15 is 0 Å². The molecule has 0 radical (unpaired) electrons. The lowest BCUT2D eigenvalue weighted by Gasteiger charge is -2.20. The van der Waals surface area contributed by atoms with Crippen LogP contribution in [0.3, 0.4) is 0 Å². The Bertz CT molecular complexity index is 1350. The van der Waals surface area contributed by atoms with Crippen LogP contribution in [0.15, 0.2) is 48.0 Å². The third-order valence-corrected chi connectivity index (χ3v) is 8.16. The van der Waals surface area contributed by atoms with Crippen LogP contribution >= 0.6 is 11.8 Å². The lowest BCUT2D eigenvalue weighted by atomic mass is 9.94. The van der Waals surface area contributed by atoms with Crippen LogP contribution < -0.4 is 11.1 Å². The number of benzene rings is 2. The molecule has 0 spiro atoms. The van der Waals surface area contributed by atoms with Gasteiger partial charge in [-0.05, 0) is 71.5 Å². The minimum Gasteiger partial charge on any atom is -0.355 e. The van der Waals surface area contributed by atoms with E-state index in [1.165, 1.54) is 33.6 Å². The number of nitrogens with zero attached hydrogens (tertiary/aromatic N) is 2. The molecule has 2 heterocycles. The van der Waals surface area contributed by atoms with Crippen molar-refractivity contribution in [2.75, 3.05) is 19.6 Å². The molecule has 2 aliphatic heterocycles. The first-order valence-corrected chi connectivity index (χ1v) is 16.4. The third-order valence-electron chi connectivity index (χ3n) is 7.06. The topological polar surface area (TPSA) is 95.7 Å². The number of hydrogen-bond donors (Lipinski definition) is 2. The number of thioether (sulfide) groups is 1. The molecule has 0 aromatic heterocycles. The van der Waals surface area contributed by atoms with Crippen molar-refractivity contribution in [2.45, 2.75) is 92.8 Å². The first-order valence-electron chi connectivity index (χ1n) is 15.6. The highest BCUT2D eigenvalue weighted by Crippen LogP contribution is 2.33. The second-order valence-electron chi connectivity index (χ2n) is 11.5. The number of nitrogens with one attached hydrogen (secondary N) is 1. The molecule has 2 aliphatic rings. The predicted molar refractivity (Wildman–Crippen MR) is 184 cm³/mol. The van der Waals surface area contributed by atoms with E-state index in [4.69, 9.17) is 5.73 Å². The van der Waals surface area contributed by atoms with Gasteiger partial charge in [0, 0.05) is 49.1 Å². The number of likely N-dealkylation sites (tertiary alicyclic amines) is 1. The van der Waals surface area contributed by atoms with Crippen LogP contribution in [0.1, 0.15) is 106 Å². The Labute approximate surface area is 269 Å².